The monoisotopic (exact) mass is 457 g/mol. The van der Waals surface area contributed by atoms with Crippen LogP contribution < -0.4 is 18.9 Å². The molecule has 2 heterocycles. The summed E-state index contributed by atoms with van der Waals surface area (Å²) in [5.41, 5.74) is 2.04. The van der Waals surface area contributed by atoms with E-state index in [-0.39, 0.29) is 19.3 Å². The standard InChI is InChI=1S/C25H31NO7/c1-25(2,3)24(29)26-9-8-14-10-19-20(33-13-32-19)11-16(14)21(26)22(28)15-6-7-18(30-4)23(31-5)17(15)12-27/h6-7,10-11,21-22,27-28H,8-9,12-13H2,1-5H3. The van der Waals surface area contributed by atoms with Crippen LogP contribution in [0.2, 0.25) is 0 Å². The second-order valence-electron chi connectivity index (χ2n) is 9.32. The lowest BCUT2D eigenvalue weighted by atomic mass is 9.83. The van der Waals surface area contributed by atoms with E-state index in [4.69, 9.17) is 18.9 Å². The van der Waals surface area contributed by atoms with Gasteiger partial charge in [-0.1, -0.05) is 26.8 Å². The van der Waals surface area contributed by atoms with Gasteiger partial charge in [0.25, 0.3) is 0 Å². The summed E-state index contributed by atoms with van der Waals surface area (Å²) in [4.78, 5) is 15.2. The molecule has 0 aliphatic carbocycles. The number of carbonyl (C=O) groups excluding carboxylic acids is 1. The van der Waals surface area contributed by atoms with E-state index in [1.54, 1.807) is 17.0 Å². The van der Waals surface area contributed by atoms with Crippen LogP contribution in [0.1, 0.15) is 55.2 Å². The van der Waals surface area contributed by atoms with E-state index in [1.165, 1.54) is 14.2 Å². The van der Waals surface area contributed by atoms with Gasteiger partial charge in [0.05, 0.1) is 26.9 Å². The van der Waals surface area contributed by atoms with Gasteiger partial charge in [-0.3, -0.25) is 4.79 Å². The number of aliphatic hydroxyl groups excluding tert-OH is 2. The molecule has 2 atom stereocenters. The Morgan fingerprint density at radius 1 is 1.18 bits per heavy atom. The molecule has 8 nitrogen and oxygen atoms in total. The second kappa shape index (κ2) is 8.76. The number of benzene rings is 2. The smallest absolute Gasteiger partial charge is 0.231 e. The number of fused-ring (bicyclic) bond motifs is 2. The van der Waals surface area contributed by atoms with Gasteiger partial charge in [-0.15, -0.1) is 0 Å². The number of hydrogen-bond donors (Lipinski definition) is 2. The van der Waals surface area contributed by atoms with Crippen molar-refractivity contribution in [1.29, 1.82) is 0 Å². The molecule has 0 saturated heterocycles. The third kappa shape index (κ3) is 3.98. The van der Waals surface area contributed by atoms with Crippen molar-refractivity contribution in [3.8, 4) is 23.0 Å². The fraction of sp³-hybridized carbons (Fsp3) is 0.480. The Morgan fingerprint density at radius 3 is 2.48 bits per heavy atom. The Morgan fingerprint density at radius 2 is 1.88 bits per heavy atom. The van der Waals surface area contributed by atoms with Crippen molar-refractivity contribution >= 4 is 5.91 Å². The summed E-state index contributed by atoms with van der Waals surface area (Å²) in [5.74, 6) is 1.99. The third-order valence-electron chi connectivity index (χ3n) is 6.27. The van der Waals surface area contributed by atoms with Crippen molar-refractivity contribution in [2.45, 2.75) is 45.9 Å². The van der Waals surface area contributed by atoms with Gasteiger partial charge in [0.2, 0.25) is 12.7 Å². The minimum absolute atomic E-state index is 0.0686. The van der Waals surface area contributed by atoms with Crippen molar-refractivity contribution in [3.05, 3.63) is 46.5 Å². The Hall–Kier alpha value is -2.97. The Bertz CT molecular complexity index is 1060. The molecule has 2 aliphatic heterocycles. The van der Waals surface area contributed by atoms with Crippen molar-refractivity contribution in [3.63, 3.8) is 0 Å². The lowest BCUT2D eigenvalue weighted by molar-refractivity contribution is -0.145. The molecule has 1 amide bonds. The van der Waals surface area contributed by atoms with Crippen molar-refractivity contribution in [2.24, 2.45) is 5.41 Å². The summed E-state index contributed by atoms with van der Waals surface area (Å²) in [5, 5.41) is 21.9. The quantitative estimate of drug-likeness (QED) is 0.712. The molecule has 0 fully saturated rings. The fourth-order valence-electron chi connectivity index (χ4n) is 4.66. The average molecular weight is 458 g/mol. The van der Waals surface area contributed by atoms with E-state index in [2.05, 4.69) is 0 Å². The van der Waals surface area contributed by atoms with Gasteiger partial charge in [-0.25, -0.2) is 0 Å². The first-order valence-electron chi connectivity index (χ1n) is 11.0. The molecule has 2 unspecified atom stereocenters. The van der Waals surface area contributed by atoms with Crippen LogP contribution in [-0.2, 0) is 17.8 Å². The highest BCUT2D eigenvalue weighted by atomic mass is 16.7. The third-order valence-corrected chi connectivity index (χ3v) is 6.27. The maximum Gasteiger partial charge on any atom is 0.231 e. The van der Waals surface area contributed by atoms with E-state index in [9.17, 15) is 15.0 Å². The molecule has 0 aromatic heterocycles. The number of carbonyl (C=O) groups is 1. The maximum atomic E-state index is 13.5. The Balaban J connectivity index is 1.87. The molecule has 0 radical (unpaired) electrons. The molecule has 0 saturated carbocycles. The summed E-state index contributed by atoms with van der Waals surface area (Å²) in [6.45, 7) is 5.82. The number of ether oxygens (including phenoxy) is 4. The molecule has 2 aliphatic rings. The lowest BCUT2D eigenvalue weighted by Gasteiger charge is -2.43. The van der Waals surface area contributed by atoms with Gasteiger partial charge in [0.1, 0.15) is 6.10 Å². The van der Waals surface area contributed by atoms with E-state index in [0.29, 0.717) is 47.1 Å². The molecule has 8 heteroatoms. The van der Waals surface area contributed by atoms with E-state index in [0.717, 1.165) is 11.1 Å². The number of methoxy groups -OCH3 is 2. The van der Waals surface area contributed by atoms with Crippen molar-refractivity contribution in [2.75, 3.05) is 27.6 Å². The fourth-order valence-corrected chi connectivity index (χ4v) is 4.66. The average Bonchev–Trinajstić information content (AvgIpc) is 3.26. The van der Waals surface area contributed by atoms with E-state index in [1.807, 2.05) is 32.9 Å². The largest absolute Gasteiger partial charge is 0.493 e. The SMILES string of the molecule is COc1ccc(C(O)C2c3cc4c(cc3CCN2C(=O)C(C)(C)C)OCO4)c(CO)c1OC. The van der Waals surface area contributed by atoms with Crippen LogP contribution in [0.5, 0.6) is 23.0 Å². The molecule has 178 valence electrons. The van der Waals surface area contributed by atoms with Crippen LogP contribution in [0.15, 0.2) is 24.3 Å². The van der Waals surface area contributed by atoms with Crippen LogP contribution >= 0.6 is 0 Å². The summed E-state index contributed by atoms with van der Waals surface area (Å²) in [6.07, 6.45) is -0.492. The molecule has 0 spiro atoms. The zero-order chi connectivity index (χ0) is 23.9. The Labute approximate surface area is 193 Å². The van der Waals surface area contributed by atoms with Crippen LogP contribution in [0.25, 0.3) is 0 Å². The van der Waals surface area contributed by atoms with Gasteiger partial charge in [-0.2, -0.15) is 0 Å². The van der Waals surface area contributed by atoms with Crippen molar-refractivity contribution < 1.29 is 34.0 Å². The highest BCUT2D eigenvalue weighted by Gasteiger charge is 2.41. The number of amides is 1. The molecule has 33 heavy (non-hydrogen) atoms. The van der Waals surface area contributed by atoms with Gasteiger partial charge in [-0.05, 0) is 41.3 Å². The first kappa shape index (κ1) is 23.2. The first-order valence-corrected chi connectivity index (χ1v) is 11.0. The van der Waals surface area contributed by atoms with Gasteiger partial charge < -0.3 is 34.1 Å². The Kier molecular flexibility index (Phi) is 6.16. The molecule has 2 aromatic carbocycles. The number of aliphatic hydroxyl groups is 2. The summed E-state index contributed by atoms with van der Waals surface area (Å²) in [6, 6.07) is 6.50. The van der Waals surface area contributed by atoms with Crippen LogP contribution in [0.3, 0.4) is 0 Å². The van der Waals surface area contributed by atoms with E-state index >= 15 is 0 Å². The van der Waals surface area contributed by atoms with Crippen LogP contribution in [0.4, 0.5) is 0 Å². The molecule has 4 rings (SSSR count). The zero-order valence-corrected chi connectivity index (χ0v) is 19.7. The van der Waals surface area contributed by atoms with Crippen LogP contribution in [-0.4, -0.2) is 48.6 Å². The molecular weight excluding hydrogens is 426 g/mol. The minimum atomic E-state index is -1.13. The summed E-state index contributed by atoms with van der Waals surface area (Å²) >= 11 is 0. The second-order valence-corrected chi connectivity index (χ2v) is 9.32. The number of rotatable bonds is 5. The van der Waals surface area contributed by atoms with Gasteiger partial charge in [0, 0.05) is 17.5 Å². The summed E-state index contributed by atoms with van der Waals surface area (Å²) in [7, 11) is 3.00. The molecule has 0 bridgehead atoms. The summed E-state index contributed by atoms with van der Waals surface area (Å²) < 4.78 is 22.0. The normalized spacial score (nSPS) is 18.0. The number of hydrogen-bond acceptors (Lipinski definition) is 7. The predicted octanol–water partition coefficient (Wildman–Crippen LogP) is 3.13. The predicted molar refractivity (Wildman–Crippen MR) is 121 cm³/mol. The molecule has 2 N–H and O–H groups in total. The van der Waals surface area contributed by atoms with E-state index < -0.39 is 17.6 Å². The van der Waals surface area contributed by atoms with Gasteiger partial charge >= 0.3 is 0 Å². The molecule has 2 aromatic rings. The first-order chi connectivity index (χ1) is 15.7. The lowest BCUT2D eigenvalue weighted by Crippen LogP contribution is -2.47. The maximum absolute atomic E-state index is 13.5. The highest BCUT2D eigenvalue weighted by molar-refractivity contribution is 5.82. The zero-order valence-electron chi connectivity index (χ0n) is 19.7. The van der Waals surface area contributed by atoms with Gasteiger partial charge in [0.15, 0.2) is 23.0 Å². The van der Waals surface area contributed by atoms with Crippen molar-refractivity contribution in [1.82, 2.24) is 4.90 Å². The van der Waals surface area contributed by atoms with Crippen LogP contribution in [0, 0.1) is 5.41 Å². The highest BCUT2D eigenvalue weighted by Crippen LogP contribution is 2.47. The molecular formula is C25H31NO7. The topological polar surface area (TPSA) is 97.7 Å². The number of nitrogens with zero attached hydrogens (tertiary/aromatic N) is 1. The minimum Gasteiger partial charge on any atom is -0.493 e.